The number of halogens is 5. The smallest absolute Gasteiger partial charge is 0.475 e. The lowest BCUT2D eigenvalue weighted by Crippen LogP contribution is -2.21. The Balaban J connectivity index is 0.000000587. The number of esters is 1. The number of benzene rings is 2. The number of hydrogen-bond donors (Lipinski definition) is 3. The molecule has 0 saturated carbocycles. The Bertz CT molecular complexity index is 1580. The van der Waals surface area contributed by atoms with Crippen molar-refractivity contribution in [3.8, 4) is 16.9 Å². The monoisotopic (exact) mass is 593 g/mol. The Kier molecular flexibility index (Phi) is 9.63. The van der Waals surface area contributed by atoms with Crippen molar-refractivity contribution in [1.29, 1.82) is 0 Å². The quantitative estimate of drug-likeness (QED) is 0.199. The van der Waals surface area contributed by atoms with Crippen LogP contribution in [0.25, 0.3) is 16.9 Å². The van der Waals surface area contributed by atoms with Crippen molar-refractivity contribution in [3.05, 3.63) is 88.8 Å². The molecule has 0 unspecified atom stereocenters. The molecular weight excluding hydrogens is 574 g/mol. The van der Waals surface area contributed by atoms with Crippen molar-refractivity contribution >= 4 is 41.1 Å². The third kappa shape index (κ3) is 7.79. The van der Waals surface area contributed by atoms with Gasteiger partial charge in [-0.2, -0.15) is 18.3 Å². The number of nitrogens with one attached hydrogen (secondary N) is 1. The van der Waals surface area contributed by atoms with E-state index >= 15 is 0 Å². The van der Waals surface area contributed by atoms with Gasteiger partial charge in [-0.25, -0.2) is 23.6 Å². The van der Waals surface area contributed by atoms with Crippen LogP contribution in [0.1, 0.15) is 27.8 Å². The van der Waals surface area contributed by atoms with Gasteiger partial charge in [0.2, 0.25) is 0 Å². The molecule has 2 aromatic heterocycles. The zero-order valence-corrected chi connectivity index (χ0v) is 21.7. The largest absolute Gasteiger partial charge is 0.490 e. The zero-order chi connectivity index (χ0) is 30.3. The molecule has 0 fully saturated rings. The Morgan fingerprint density at radius 1 is 1.07 bits per heavy atom. The van der Waals surface area contributed by atoms with Gasteiger partial charge >= 0.3 is 18.1 Å². The van der Waals surface area contributed by atoms with E-state index in [0.717, 1.165) is 6.07 Å². The first-order valence-corrected chi connectivity index (χ1v) is 11.9. The van der Waals surface area contributed by atoms with Crippen molar-refractivity contribution in [2.45, 2.75) is 13.1 Å². The van der Waals surface area contributed by atoms with Gasteiger partial charge in [-0.05, 0) is 43.3 Å². The first-order chi connectivity index (χ1) is 19.3. The number of carbonyl (C=O) groups is 3. The number of para-hydroxylation sites is 1. The second kappa shape index (κ2) is 12.9. The summed E-state index contributed by atoms with van der Waals surface area (Å²) < 4.78 is 52.8. The van der Waals surface area contributed by atoms with Crippen LogP contribution in [0.3, 0.4) is 0 Å². The van der Waals surface area contributed by atoms with E-state index in [2.05, 4.69) is 15.4 Å². The molecule has 0 atom stereocenters. The minimum Gasteiger partial charge on any atom is -0.475 e. The maximum absolute atomic E-state index is 14.6. The van der Waals surface area contributed by atoms with Crippen molar-refractivity contribution < 1.29 is 41.8 Å². The van der Waals surface area contributed by atoms with Gasteiger partial charge in [-0.3, -0.25) is 4.79 Å². The number of carbonyl (C=O) groups excluding carboxylic acids is 2. The SMILES string of the molecule is CCOC(=O)c1cc(NC(=O)c2cc(-c3cccc(N)n3)c(F)cc2Cl)n(-c2ccccc2)n1.O=C(O)C(F)(F)F. The van der Waals surface area contributed by atoms with E-state index in [1.54, 1.807) is 49.4 Å². The average Bonchev–Trinajstić information content (AvgIpc) is 3.33. The summed E-state index contributed by atoms with van der Waals surface area (Å²) in [6, 6.07) is 17.4. The summed E-state index contributed by atoms with van der Waals surface area (Å²) in [7, 11) is 0. The first-order valence-electron chi connectivity index (χ1n) is 11.5. The van der Waals surface area contributed by atoms with Crippen LogP contribution in [0.2, 0.25) is 5.02 Å². The van der Waals surface area contributed by atoms with E-state index in [4.69, 9.17) is 32.0 Å². The number of amides is 1. The molecule has 41 heavy (non-hydrogen) atoms. The van der Waals surface area contributed by atoms with Crippen LogP contribution >= 0.6 is 11.6 Å². The predicted molar refractivity (Wildman–Crippen MR) is 140 cm³/mol. The molecule has 1 amide bonds. The molecule has 0 radical (unpaired) electrons. The number of anilines is 2. The Morgan fingerprint density at radius 3 is 2.32 bits per heavy atom. The van der Waals surface area contributed by atoms with Gasteiger partial charge in [0.1, 0.15) is 17.5 Å². The molecule has 0 spiro atoms. The lowest BCUT2D eigenvalue weighted by molar-refractivity contribution is -0.192. The number of carboxylic acid groups (broad SMARTS) is 1. The van der Waals surface area contributed by atoms with Gasteiger partial charge in [0, 0.05) is 11.6 Å². The number of nitrogens with two attached hydrogens (primary N) is 1. The fraction of sp³-hybridized carbons (Fsp3) is 0.115. The lowest BCUT2D eigenvalue weighted by atomic mass is 10.1. The van der Waals surface area contributed by atoms with Crippen LogP contribution in [0.4, 0.5) is 29.2 Å². The third-order valence-electron chi connectivity index (χ3n) is 5.03. The van der Waals surface area contributed by atoms with Crippen LogP contribution in [0.15, 0.2) is 66.7 Å². The number of nitrogens with zero attached hydrogens (tertiary/aromatic N) is 3. The second-order valence-corrected chi connectivity index (χ2v) is 8.31. The van der Waals surface area contributed by atoms with Crippen LogP contribution in [0, 0.1) is 5.82 Å². The van der Waals surface area contributed by atoms with E-state index < -0.39 is 29.8 Å². The minimum absolute atomic E-state index is 0.000729. The van der Waals surface area contributed by atoms with Gasteiger partial charge in [-0.15, -0.1) is 0 Å². The van der Waals surface area contributed by atoms with Gasteiger partial charge in [0.25, 0.3) is 5.91 Å². The molecule has 15 heteroatoms. The number of rotatable bonds is 6. The fourth-order valence-corrected chi connectivity index (χ4v) is 3.48. The standard InChI is InChI=1S/C24H19ClFN5O3.C2HF3O2/c1-2-34-24(33)20-13-22(31(30-20)14-7-4-3-5-8-14)29-23(32)15-11-16(18(26)12-17(15)25)19-9-6-10-21(27)28-19;3-2(4,5)1(6)7/h3-13H,2H2,1H3,(H2,27,28)(H,29,32);(H,6,7). The summed E-state index contributed by atoms with van der Waals surface area (Å²) in [5.41, 5.74) is 6.63. The molecule has 10 nitrogen and oxygen atoms in total. The number of aromatic nitrogens is 3. The van der Waals surface area contributed by atoms with E-state index in [9.17, 15) is 27.2 Å². The van der Waals surface area contributed by atoms with Crippen molar-refractivity contribution in [2.75, 3.05) is 17.7 Å². The fourth-order valence-electron chi connectivity index (χ4n) is 3.25. The number of aliphatic carboxylic acids is 1. The maximum Gasteiger partial charge on any atom is 0.490 e. The number of alkyl halides is 3. The molecule has 4 aromatic rings. The molecule has 2 aromatic carbocycles. The van der Waals surface area contributed by atoms with Crippen molar-refractivity contribution in [3.63, 3.8) is 0 Å². The number of ether oxygens (including phenoxy) is 1. The Morgan fingerprint density at radius 2 is 1.73 bits per heavy atom. The van der Waals surface area contributed by atoms with Crippen LogP contribution in [-0.2, 0) is 9.53 Å². The normalized spacial score (nSPS) is 10.8. The maximum atomic E-state index is 14.6. The lowest BCUT2D eigenvalue weighted by Gasteiger charge is -2.11. The van der Waals surface area contributed by atoms with E-state index in [1.807, 2.05) is 6.07 Å². The van der Waals surface area contributed by atoms with Gasteiger partial charge in [0.15, 0.2) is 5.69 Å². The van der Waals surface area contributed by atoms with E-state index in [1.165, 1.54) is 16.8 Å². The van der Waals surface area contributed by atoms with Crippen LogP contribution in [0.5, 0.6) is 0 Å². The summed E-state index contributed by atoms with van der Waals surface area (Å²) in [4.78, 5) is 38.4. The highest BCUT2D eigenvalue weighted by molar-refractivity contribution is 6.34. The molecule has 0 saturated heterocycles. The average molecular weight is 594 g/mol. The number of nitrogen functional groups attached to an aromatic ring is 1. The van der Waals surface area contributed by atoms with Crippen molar-refractivity contribution in [2.24, 2.45) is 0 Å². The van der Waals surface area contributed by atoms with Crippen LogP contribution < -0.4 is 11.1 Å². The molecule has 4 rings (SSSR count). The second-order valence-electron chi connectivity index (χ2n) is 7.90. The molecule has 0 bridgehead atoms. The summed E-state index contributed by atoms with van der Waals surface area (Å²) in [6.45, 7) is 1.85. The summed E-state index contributed by atoms with van der Waals surface area (Å²) >= 11 is 6.19. The summed E-state index contributed by atoms with van der Waals surface area (Å²) in [5, 5.41) is 14.0. The molecule has 0 aliphatic heterocycles. The molecule has 214 valence electrons. The molecular formula is C26H20ClF4N5O5. The first kappa shape index (κ1) is 30.6. The van der Waals surface area contributed by atoms with Crippen molar-refractivity contribution in [1.82, 2.24) is 14.8 Å². The summed E-state index contributed by atoms with van der Waals surface area (Å²) in [6.07, 6.45) is -5.08. The van der Waals surface area contributed by atoms with Gasteiger partial charge in [-0.1, -0.05) is 35.9 Å². The Hall–Kier alpha value is -4.98. The van der Waals surface area contributed by atoms with Gasteiger partial charge < -0.3 is 20.9 Å². The Labute approximate surface area is 234 Å². The van der Waals surface area contributed by atoms with Crippen LogP contribution in [-0.4, -0.2) is 50.5 Å². The molecule has 2 heterocycles. The highest BCUT2D eigenvalue weighted by Gasteiger charge is 2.38. The topological polar surface area (TPSA) is 149 Å². The third-order valence-corrected chi connectivity index (χ3v) is 5.34. The highest BCUT2D eigenvalue weighted by Crippen LogP contribution is 2.29. The summed E-state index contributed by atoms with van der Waals surface area (Å²) in [5.74, 6) is -4.28. The minimum atomic E-state index is -5.08. The molecule has 4 N–H and O–H groups in total. The van der Waals surface area contributed by atoms with E-state index in [0.29, 0.717) is 5.69 Å². The van der Waals surface area contributed by atoms with Gasteiger partial charge in [0.05, 0.1) is 28.6 Å². The number of pyridine rings is 1. The highest BCUT2D eigenvalue weighted by atomic mass is 35.5. The zero-order valence-electron chi connectivity index (χ0n) is 20.9. The number of carboxylic acids is 1. The molecule has 0 aliphatic carbocycles. The predicted octanol–water partition coefficient (Wildman–Crippen LogP) is 5.37. The molecule has 0 aliphatic rings. The van der Waals surface area contributed by atoms with E-state index in [-0.39, 0.29) is 45.8 Å². The number of hydrogen-bond acceptors (Lipinski definition) is 7.